The third kappa shape index (κ3) is 3.78. The van der Waals surface area contributed by atoms with E-state index in [4.69, 9.17) is 0 Å². The molecule has 3 rings (SSSR count). The van der Waals surface area contributed by atoms with Gasteiger partial charge >= 0.3 is 0 Å². The second-order valence-electron chi connectivity index (χ2n) is 5.41. The molecule has 0 fully saturated rings. The summed E-state index contributed by atoms with van der Waals surface area (Å²) in [5.74, 6) is 0.949. The quantitative estimate of drug-likeness (QED) is 0.534. The Morgan fingerprint density at radius 2 is 1.83 bits per heavy atom. The van der Waals surface area contributed by atoms with Crippen LogP contribution >= 0.6 is 0 Å². The van der Waals surface area contributed by atoms with E-state index in [2.05, 4.69) is 27.0 Å². The number of anilines is 1. The van der Waals surface area contributed by atoms with E-state index in [0.29, 0.717) is 18.7 Å². The van der Waals surface area contributed by atoms with E-state index in [1.54, 1.807) is 24.4 Å². The molecule has 0 spiro atoms. The Kier molecular flexibility index (Phi) is 4.86. The van der Waals surface area contributed by atoms with Crippen LogP contribution in [0.1, 0.15) is 11.4 Å². The predicted octanol–water partition coefficient (Wildman–Crippen LogP) is 3.49. The van der Waals surface area contributed by atoms with Gasteiger partial charge in [0.25, 0.3) is 5.69 Å². The molecule has 0 aliphatic carbocycles. The number of nitrogens with zero attached hydrogens (tertiary/aromatic N) is 3. The summed E-state index contributed by atoms with van der Waals surface area (Å²) >= 11 is 0. The van der Waals surface area contributed by atoms with Crippen LogP contribution in [0.15, 0.2) is 67.0 Å². The maximum absolute atomic E-state index is 11.0. The van der Waals surface area contributed by atoms with Crippen molar-refractivity contribution in [1.29, 1.82) is 0 Å². The molecule has 0 radical (unpaired) electrons. The van der Waals surface area contributed by atoms with Crippen molar-refractivity contribution in [3.05, 3.63) is 88.5 Å². The predicted molar refractivity (Wildman–Crippen MR) is 93.1 cm³/mol. The lowest BCUT2D eigenvalue weighted by Gasteiger charge is -2.10. The Hall–Kier alpha value is -3.15. The zero-order valence-corrected chi connectivity index (χ0v) is 13.1. The summed E-state index contributed by atoms with van der Waals surface area (Å²) < 4.78 is 2.09. The Labute approximate surface area is 139 Å². The molecule has 0 atom stereocenters. The molecular weight excluding hydrogens is 304 g/mol. The molecule has 1 aromatic heterocycles. The number of rotatable bonds is 7. The Bertz CT molecular complexity index is 815. The van der Waals surface area contributed by atoms with Gasteiger partial charge in [0.2, 0.25) is 0 Å². The van der Waals surface area contributed by atoms with Crippen molar-refractivity contribution >= 4 is 11.4 Å². The van der Waals surface area contributed by atoms with Crippen LogP contribution < -0.4 is 5.32 Å². The number of hydrogen-bond donors (Lipinski definition) is 1. The van der Waals surface area contributed by atoms with Gasteiger partial charge in [-0.1, -0.05) is 42.5 Å². The van der Waals surface area contributed by atoms with E-state index < -0.39 is 0 Å². The highest BCUT2D eigenvalue weighted by molar-refractivity contribution is 5.61. The van der Waals surface area contributed by atoms with Crippen molar-refractivity contribution in [3.8, 4) is 0 Å². The van der Waals surface area contributed by atoms with Crippen molar-refractivity contribution < 1.29 is 4.92 Å². The number of hydrogen-bond acceptors (Lipinski definition) is 4. The molecule has 0 amide bonds. The van der Waals surface area contributed by atoms with Crippen molar-refractivity contribution in [1.82, 2.24) is 9.55 Å². The Morgan fingerprint density at radius 3 is 2.62 bits per heavy atom. The Morgan fingerprint density at radius 1 is 1.08 bits per heavy atom. The van der Waals surface area contributed by atoms with Gasteiger partial charge in [0, 0.05) is 38.0 Å². The molecule has 6 heteroatoms. The molecule has 1 N–H and O–H groups in total. The first-order valence-electron chi connectivity index (χ1n) is 7.75. The van der Waals surface area contributed by atoms with Crippen LogP contribution in [0.5, 0.6) is 0 Å². The average Bonchev–Trinajstić information content (AvgIpc) is 3.03. The maximum atomic E-state index is 11.0. The molecule has 0 bridgehead atoms. The van der Waals surface area contributed by atoms with Crippen LogP contribution in [-0.4, -0.2) is 21.0 Å². The molecule has 0 unspecified atom stereocenters. The fraction of sp³-hybridized carbons (Fsp3) is 0.167. The van der Waals surface area contributed by atoms with Crippen LogP contribution in [0.2, 0.25) is 0 Å². The summed E-state index contributed by atoms with van der Waals surface area (Å²) in [5, 5.41) is 14.1. The fourth-order valence-corrected chi connectivity index (χ4v) is 2.58. The zero-order valence-electron chi connectivity index (χ0n) is 13.1. The lowest BCUT2D eigenvalue weighted by atomic mass is 10.2. The molecule has 24 heavy (non-hydrogen) atoms. The highest BCUT2D eigenvalue weighted by atomic mass is 16.6. The van der Waals surface area contributed by atoms with E-state index in [9.17, 15) is 10.1 Å². The number of nitro groups is 1. The van der Waals surface area contributed by atoms with E-state index in [1.165, 1.54) is 11.6 Å². The van der Waals surface area contributed by atoms with E-state index in [0.717, 1.165) is 12.4 Å². The minimum atomic E-state index is -0.376. The maximum Gasteiger partial charge on any atom is 0.292 e. The average molecular weight is 322 g/mol. The van der Waals surface area contributed by atoms with Crippen LogP contribution in [0, 0.1) is 10.1 Å². The smallest absolute Gasteiger partial charge is 0.292 e. The summed E-state index contributed by atoms with van der Waals surface area (Å²) in [6.45, 7) is 1.35. The molecule has 122 valence electrons. The van der Waals surface area contributed by atoms with Crippen molar-refractivity contribution in [3.63, 3.8) is 0 Å². The van der Waals surface area contributed by atoms with Gasteiger partial charge in [-0.25, -0.2) is 4.98 Å². The van der Waals surface area contributed by atoms with Gasteiger partial charge in [0.15, 0.2) is 0 Å². The number of nitro benzene ring substituents is 1. The number of imidazole rings is 1. The van der Waals surface area contributed by atoms with Gasteiger partial charge in [-0.15, -0.1) is 0 Å². The van der Waals surface area contributed by atoms with E-state index in [1.807, 2.05) is 24.4 Å². The minimum Gasteiger partial charge on any atom is -0.379 e. The second kappa shape index (κ2) is 7.41. The standard InChI is InChI=1S/C18H18N4O2/c23-22(24)17-9-5-4-8-16(17)19-11-10-18-20-12-13-21(18)14-15-6-2-1-3-7-15/h1-9,12-13,19H,10-11,14H2. The molecule has 0 saturated carbocycles. The van der Waals surface area contributed by atoms with Crippen LogP contribution in [0.3, 0.4) is 0 Å². The summed E-state index contributed by atoms with van der Waals surface area (Å²) in [4.78, 5) is 15.0. The fourth-order valence-electron chi connectivity index (χ4n) is 2.58. The van der Waals surface area contributed by atoms with Gasteiger partial charge in [-0.2, -0.15) is 0 Å². The van der Waals surface area contributed by atoms with Crippen LogP contribution in [0.25, 0.3) is 0 Å². The number of nitrogens with one attached hydrogen (secondary N) is 1. The number of aromatic nitrogens is 2. The molecule has 6 nitrogen and oxygen atoms in total. The molecule has 0 aliphatic heterocycles. The van der Waals surface area contributed by atoms with Gasteiger partial charge in [-0.05, 0) is 11.6 Å². The molecule has 2 aromatic carbocycles. The summed E-state index contributed by atoms with van der Waals surface area (Å²) in [5.41, 5.74) is 1.83. The molecule has 0 saturated heterocycles. The molecule has 1 heterocycles. The van der Waals surface area contributed by atoms with Gasteiger partial charge in [-0.3, -0.25) is 10.1 Å². The second-order valence-corrected chi connectivity index (χ2v) is 5.41. The van der Waals surface area contributed by atoms with Crippen LogP contribution in [-0.2, 0) is 13.0 Å². The first-order valence-corrected chi connectivity index (χ1v) is 7.75. The summed E-state index contributed by atoms with van der Waals surface area (Å²) in [6.07, 6.45) is 4.42. The minimum absolute atomic E-state index is 0.0881. The first kappa shape index (κ1) is 15.7. The molecular formula is C18H18N4O2. The first-order chi connectivity index (χ1) is 11.7. The molecule has 3 aromatic rings. The third-order valence-electron chi connectivity index (χ3n) is 3.76. The van der Waals surface area contributed by atoms with Gasteiger partial charge < -0.3 is 9.88 Å². The number of benzene rings is 2. The monoisotopic (exact) mass is 322 g/mol. The number of para-hydroxylation sites is 2. The summed E-state index contributed by atoms with van der Waals surface area (Å²) in [6, 6.07) is 16.8. The highest BCUT2D eigenvalue weighted by Crippen LogP contribution is 2.22. The van der Waals surface area contributed by atoms with Crippen LogP contribution in [0.4, 0.5) is 11.4 Å². The van der Waals surface area contributed by atoms with Gasteiger partial charge in [0.1, 0.15) is 11.5 Å². The summed E-state index contributed by atoms with van der Waals surface area (Å²) in [7, 11) is 0. The highest BCUT2D eigenvalue weighted by Gasteiger charge is 2.12. The normalized spacial score (nSPS) is 10.5. The van der Waals surface area contributed by atoms with Crippen molar-refractivity contribution in [2.75, 3.05) is 11.9 Å². The van der Waals surface area contributed by atoms with E-state index >= 15 is 0 Å². The SMILES string of the molecule is O=[N+]([O-])c1ccccc1NCCc1nccn1Cc1ccccc1. The Balaban J connectivity index is 1.62. The van der Waals surface area contributed by atoms with Crippen molar-refractivity contribution in [2.24, 2.45) is 0 Å². The van der Waals surface area contributed by atoms with E-state index in [-0.39, 0.29) is 10.6 Å². The van der Waals surface area contributed by atoms with Gasteiger partial charge in [0.05, 0.1) is 4.92 Å². The lowest BCUT2D eigenvalue weighted by molar-refractivity contribution is -0.384. The molecule has 0 aliphatic rings. The van der Waals surface area contributed by atoms with Crippen molar-refractivity contribution in [2.45, 2.75) is 13.0 Å². The third-order valence-corrected chi connectivity index (χ3v) is 3.76. The largest absolute Gasteiger partial charge is 0.379 e. The topological polar surface area (TPSA) is 73.0 Å². The zero-order chi connectivity index (χ0) is 16.8. The lowest BCUT2D eigenvalue weighted by Crippen LogP contribution is -2.11.